The molecule has 0 radical (unpaired) electrons. The molecule has 0 amide bonds. The van der Waals surface area contributed by atoms with Crippen LogP contribution < -0.4 is 0 Å². The first-order valence-electron chi connectivity index (χ1n) is 3.18. The van der Waals surface area contributed by atoms with E-state index in [0.717, 1.165) is 19.5 Å². The summed E-state index contributed by atoms with van der Waals surface area (Å²) in [5.41, 5.74) is 0. The van der Waals surface area contributed by atoms with Gasteiger partial charge in [-0.05, 0) is 6.42 Å². The summed E-state index contributed by atoms with van der Waals surface area (Å²) in [6, 6.07) is 0. The van der Waals surface area contributed by atoms with Gasteiger partial charge < -0.3 is 0 Å². The number of hydrogen-bond donors (Lipinski definition) is 2. The largest absolute Gasteiger partial charge is 0.285 e. The van der Waals surface area contributed by atoms with Gasteiger partial charge in [0, 0.05) is 13.1 Å². The van der Waals surface area contributed by atoms with Crippen molar-refractivity contribution in [3.05, 3.63) is 0 Å². The maximum Gasteiger partial charge on any atom is 0.0543 e. The maximum atomic E-state index is 9.22. The predicted molar refractivity (Wildman–Crippen MR) is 39.6 cm³/mol. The van der Waals surface area contributed by atoms with Crippen molar-refractivity contribution in [1.82, 2.24) is 4.31 Å². The highest BCUT2D eigenvalue weighted by Gasteiger charge is 2.26. The van der Waals surface area contributed by atoms with Gasteiger partial charge in [-0.1, -0.05) is 6.92 Å². The third-order valence-electron chi connectivity index (χ3n) is 1.59. The van der Waals surface area contributed by atoms with Gasteiger partial charge in [-0.25, -0.2) is 4.31 Å². The average Bonchev–Trinajstić information content (AvgIpc) is 2.08. The van der Waals surface area contributed by atoms with Gasteiger partial charge in [0.25, 0.3) is 0 Å². The smallest absolute Gasteiger partial charge is 0.0543 e. The lowest BCUT2D eigenvalue weighted by molar-refractivity contribution is 0.389. The zero-order chi connectivity index (χ0) is 6.91. The van der Waals surface area contributed by atoms with Gasteiger partial charge in [-0.2, -0.15) is 0 Å². The second-order valence-electron chi connectivity index (χ2n) is 2.21. The first-order chi connectivity index (χ1) is 4.17. The summed E-state index contributed by atoms with van der Waals surface area (Å²) in [6.07, 6.45) is 0.927. The Morgan fingerprint density at radius 3 is 2.44 bits per heavy atom. The lowest BCUT2D eigenvalue weighted by Crippen LogP contribution is -2.21. The van der Waals surface area contributed by atoms with Gasteiger partial charge in [-0.3, -0.25) is 9.11 Å². The molecule has 0 saturated carbocycles. The monoisotopic (exact) mass is 151 g/mol. The Balaban J connectivity index is 2.52. The van der Waals surface area contributed by atoms with Crippen molar-refractivity contribution in [3.63, 3.8) is 0 Å². The molecule has 56 valence electrons. The molecule has 0 atom stereocenters. The van der Waals surface area contributed by atoms with Crippen molar-refractivity contribution in [2.45, 2.75) is 13.3 Å². The van der Waals surface area contributed by atoms with E-state index < -0.39 is 10.8 Å². The molecule has 2 N–H and O–H groups in total. The normalized spacial score (nSPS) is 30.6. The van der Waals surface area contributed by atoms with E-state index in [1.165, 1.54) is 0 Å². The lowest BCUT2D eigenvalue weighted by Gasteiger charge is -2.35. The summed E-state index contributed by atoms with van der Waals surface area (Å²) >= 11 is 0. The van der Waals surface area contributed by atoms with Gasteiger partial charge in [0.1, 0.15) is 0 Å². The van der Waals surface area contributed by atoms with E-state index in [1.54, 1.807) is 4.31 Å². The molecular weight excluding hydrogens is 138 g/mol. The molecule has 1 aliphatic heterocycles. The molecule has 0 unspecified atom stereocenters. The van der Waals surface area contributed by atoms with E-state index in [2.05, 4.69) is 0 Å². The molecule has 0 spiro atoms. The topological polar surface area (TPSA) is 43.7 Å². The Labute approximate surface area is 57.2 Å². The van der Waals surface area contributed by atoms with Crippen LogP contribution in [0.1, 0.15) is 13.3 Å². The highest BCUT2D eigenvalue weighted by Crippen LogP contribution is 2.47. The predicted octanol–water partition coefficient (Wildman–Crippen LogP) is 1.38. The van der Waals surface area contributed by atoms with E-state index in [-0.39, 0.29) is 0 Å². The minimum absolute atomic E-state index is 0.570. The van der Waals surface area contributed by atoms with Gasteiger partial charge in [0.15, 0.2) is 0 Å². The van der Waals surface area contributed by atoms with Gasteiger partial charge in [0.05, 0.1) is 5.75 Å². The molecule has 3 nitrogen and oxygen atoms in total. The van der Waals surface area contributed by atoms with Crippen molar-refractivity contribution < 1.29 is 9.11 Å². The van der Waals surface area contributed by atoms with E-state index in [9.17, 15) is 9.11 Å². The third kappa shape index (κ3) is 1.38. The van der Waals surface area contributed by atoms with Crippen LogP contribution >= 0.6 is 10.8 Å². The van der Waals surface area contributed by atoms with Crippen LogP contribution in [0.15, 0.2) is 0 Å². The quantitative estimate of drug-likeness (QED) is 0.595. The molecule has 0 aliphatic carbocycles. The van der Waals surface area contributed by atoms with Crippen molar-refractivity contribution in [2.24, 2.45) is 0 Å². The number of nitrogens with zero attached hydrogens (tertiary/aromatic N) is 1. The van der Waals surface area contributed by atoms with Crippen LogP contribution in [0.2, 0.25) is 0 Å². The first kappa shape index (κ1) is 7.34. The van der Waals surface area contributed by atoms with E-state index in [0.29, 0.717) is 5.75 Å². The molecular formula is C5H13NO2S. The molecule has 1 rings (SSSR count). The summed E-state index contributed by atoms with van der Waals surface area (Å²) in [5.74, 6) is 0.570. The summed E-state index contributed by atoms with van der Waals surface area (Å²) in [7, 11) is -2.30. The Kier molecular flexibility index (Phi) is 2.00. The fourth-order valence-corrected chi connectivity index (χ4v) is 2.68. The van der Waals surface area contributed by atoms with E-state index in [1.807, 2.05) is 6.92 Å². The molecule has 0 bridgehead atoms. The second-order valence-corrected chi connectivity index (χ2v) is 4.40. The Bertz CT molecular complexity index is 107. The minimum atomic E-state index is -2.30. The van der Waals surface area contributed by atoms with Crippen LogP contribution in [0.3, 0.4) is 0 Å². The summed E-state index contributed by atoms with van der Waals surface area (Å²) in [6.45, 7) is 3.54. The van der Waals surface area contributed by atoms with E-state index in [4.69, 9.17) is 0 Å². The zero-order valence-corrected chi connectivity index (χ0v) is 6.39. The Morgan fingerprint density at radius 2 is 2.22 bits per heavy atom. The van der Waals surface area contributed by atoms with E-state index >= 15 is 0 Å². The van der Waals surface area contributed by atoms with Crippen LogP contribution in [0, 0.1) is 0 Å². The van der Waals surface area contributed by atoms with Crippen molar-refractivity contribution in [3.8, 4) is 0 Å². The molecule has 1 saturated heterocycles. The van der Waals surface area contributed by atoms with Gasteiger partial charge in [-0.15, -0.1) is 10.8 Å². The molecule has 1 heterocycles. The molecule has 0 aromatic heterocycles. The summed E-state index contributed by atoms with van der Waals surface area (Å²) in [5, 5.41) is 0. The standard InChI is InChI=1S/C5H13NO2S/c1-2-6-4-3-5-9(6,7)8/h7-8H,2-5H2,1H3. The average molecular weight is 151 g/mol. The van der Waals surface area contributed by atoms with Crippen LogP contribution in [0.5, 0.6) is 0 Å². The highest BCUT2D eigenvalue weighted by atomic mass is 32.3. The molecule has 9 heavy (non-hydrogen) atoms. The number of rotatable bonds is 1. The van der Waals surface area contributed by atoms with Crippen LogP contribution in [-0.4, -0.2) is 32.3 Å². The number of hydrogen-bond acceptors (Lipinski definition) is 3. The first-order valence-corrected chi connectivity index (χ1v) is 4.85. The Hall–Kier alpha value is 0.230. The SMILES string of the molecule is CCN1CCCS1(O)O. The summed E-state index contributed by atoms with van der Waals surface area (Å²) in [4.78, 5) is 0. The second kappa shape index (κ2) is 2.46. The van der Waals surface area contributed by atoms with Gasteiger partial charge in [0.2, 0.25) is 0 Å². The fourth-order valence-electron chi connectivity index (χ4n) is 1.07. The van der Waals surface area contributed by atoms with Crippen molar-refractivity contribution in [2.75, 3.05) is 18.8 Å². The minimum Gasteiger partial charge on any atom is -0.285 e. The van der Waals surface area contributed by atoms with Crippen LogP contribution in [0.25, 0.3) is 0 Å². The highest BCUT2D eigenvalue weighted by molar-refractivity contribution is 8.22. The van der Waals surface area contributed by atoms with Crippen LogP contribution in [-0.2, 0) is 0 Å². The Morgan fingerprint density at radius 1 is 1.56 bits per heavy atom. The van der Waals surface area contributed by atoms with Gasteiger partial charge >= 0.3 is 0 Å². The zero-order valence-electron chi connectivity index (χ0n) is 5.58. The fraction of sp³-hybridized carbons (Fsp3) is 1.00. The van der Waals surface area contributed by atoms with Crippen molar-refractivity contribution in [1.29, 1.82) is 0 Å². The molecule has 1 fully saturated rings. The van der Waals surface area contributed by atoms with Crippen molar-refractivity contribution >= 4 is 10.8 Å². The molecule has 0 aromatic carbocycles. The maximum absolute atomic E-state index is 9.22. The third-order valence-corrected chi connectivity index (χ3v) is 3.70. The molecule has 0 aromatic rings. The molecule has 4 heteroatoms. The lowest BCUT2D eigenvalue weighted by atomic mass is 10.5. The molecule has 1 aliphatic rings. The van der Waals surface area contributed by atoms with Crippen LogP contribution in [0.4, 0.5) is 0 Å². The summed E-state index contributed by atoms with van der Waals surface area (Å²) < 4.78 is 20.2.